The summed E-state index contributed by atoms with van der Waals surface area (Å²) in [6.07, 6.45) is 3.14. The summed E-state index contributed by atoms with van der Waals surface area (Å²) in [6, 6.07) is 7.33. The average molecular weight is 445 g/mol. The van der Waals surface area contributed by atoms with E-state index in [2.05, 4.69) is 29.0 Å². The average Bonchev–Trinajstić information content (AvgIpc) is 2.79. The van der Waals surface area contributed by atoms with E-state index in [0.717, 1.165) is 24.4 Å². The van der Waals surface area contributed by atoms with E-state index < -0.39 is 11.6 Å². The molecule has 172 valence electrons. The fraction of sp³-hybridized carbons (Fsp3) is 0.458. The minimum atomic E-state index is -0.893. The van der Waals surface area contributed by atoms with Crippen LogP contribution in [0.2, 0.25) is 0 Å². The molecule has 8 heteroatoms. The van der Waals surface area contributed by atoms with Crippen LogP contribution in [0.15, 0.2) is 36.5 Å². The van der Waals surface area contributed by atoms with Crippen LogP contribution in [0.25, 0.3) is 0 Å². The van der Waals surface area contributed by atoms with Crippen molar-refractivity contribution >= 4 is 17.6 Å². The maximum atomic E-state index is 13.3. The van der Waals surface area contributed by atoms with Crippen LogP contribution in [0, 0.1) is 17.6 Å². The van der Waals surface area contributed by atoms with Crippen molar-refractivity contribution in [3.05, 3.63) is 59.3 Å². The van der Waals surface area contributed by atoms with Gasteiger partial charge in [0.1, 0.15) is 5.82 Å². The second-order valence-corrected chi connectivity index (χ2v) is 8.46. The number of amides is 2. The van der Waals surface area contributed by atoms with E-state index in [4.69, 9.17) is 0 Å². The Bertz CT molecular complexity index is 926. The number of anilines is 1. The van der Waals surface area contributed by atoms with Crippen LogP contribution < -0.4 is 10.2 Å². The smallest absolute Gasteiger partial charge is 0.252 e. The fourth-order valence-electron chi connectivity index (χ4n) is 3.57. The summed E-state index contributed by atoms with van der Waals surface area (Å²) in [4.78, 5) is 33.0. The molecule has 1 aromatic carbocycles. The molecule has 1 aromatic heterocycles. The van der Waals surface area contributed by atoms with E-state index in [0.29, 0.717) is 56.2 Å². The Morgan fingerprint density at radius 2 is 1.81 bits per heavy atom. The number of piperazine rings is 1. The Hall–Kier alpha value is -3.03. The zero-order valence-corrected chi connectivity index (χ0v) is 18.6. The first-order chi connectivity index (χ1) is 15.3. The molecule has 6 nitrogen and oxygen atoms in total. The molecule has 1 aliphatic heterocycles. The SMILES string of the molecule is CC(C)CCNC(=O)c1ccc(N2CCN(C(=O)CCc3ccc(F)c(F)c3)CC2)nc1. The topological polar surface area (TPSA) is 65.5 Å². The number of aromatic nitrogens is 1. The molecule has 0 atom stereocenters. The summed E-state index contributed by atoms with van der Waals surface area (Å²) in [5.41, 5.74) is 1.14. The van der Waals surface area contributed by atoms with E-state index in [1.165, 1.54) is 6.07 Å². The number of halogens is 2. The zero-order chi connectivity index (χ0) is 23.1. The van der Waals surface area contributed by atoms with Gasteiger partial charge < -0.3 is 15.1 Å². The predicted molar refractivity (Wildman–Crippen MR) is 119 cm³/mol. The molecule has 0 unspecified atom stereocenters. The molecule has 1 fully saturated rings. The van der Waals surface area contributed by atoms with Crippen LogP contribution in [0.5, 0.6) is 0 Å². The lowest BCUT2D eigenvalue weighted by Crippen LogP contribution is -2.49. The second-order valence-electron chi connectivity index (χ2n) is 8.46. The first kappa shape index (κ1) is 23.6. The third-order valence-corrected chi connectivity index (χ3v) is 5.59. The molecule has 0 bridgehead atoms. The first-order valence-electron chi connectivity index (χ1n) is 11.0. The summed E-state index contributed by atoms with van der Waals surface area (Å²) >= 11 is 0. The summed E-state index contributed by atoms with van der Waals surface area (Å²) in [7, 11) is 0. The van der Waals surface area contributed by atoms with Gasteiger partial charge in [0.15, 0.2) is 11.6 Å². The van der Waals surface area contributed by atoms with Gasteiger partial charge in [-0.15, -0.1) is 0 Å². The highest BCUT2D eigenvalue weighted by Crippen LogP contribution is 2.16. The Morgan fingerprint density at radius 3 is 2.44 bits per heavy atom. The van der Waals surface area contributed by atoms with E-state index in [9.17, 15) is 18.4 Å². The van der Waals surface area contributed by atoms with Gasteiger partial charge in [0.25, 0.3) is 5.91 Å². The van der Waals surface area contributed by atoms with Gasteiger partial charge in [-0.3, -0.25) is 9.59 Å². The molecule has 1 N–H and O–H groups in total. The van der Waals surface area contributed by atoms with Crippen molar-refractivity contribution in [3.8, 4) is 0 Å². The number of aryl methyl sites for hydroxylation is 1. The van der Waals surface area contributed by atoms with Crippen molar-refractivity contribution in [3.63, 3.8) is 0 Å². The van der Waals surface area contributed by atoms with Crippen LogP contribution >= 0.6 is 0 Å². The number of benzene rings is 1. The summed E-state index contributed by atoms with van der Waals surface area (Å²) in [5.74, 6) is -0.596. The molecular weight excluding hydrogens is 414 g/mol. The standard InChI is InChI=1S/C24H30F2N4O2/c1-17(2)9-10-27-24(32)19-5-7-22(28-16-19)29-11-13-30(14-12-29)23(31)8-4-18-3-6-20(25)21(26)15-18/h3,5-7,15-17H,4,8-14H2,1-2H3,(H,27,32). The van der Waals surface area contributed by atoms with Gasteiger partial charge in [-0.25, -0.2) is 13.8 Å². The van der Waals surface area contributed by atoms with Gasteiger partial charge in [-0.1, -0.05) is 19.9 Å². The Labute approximate surface area is 187 Å². The minimum Gasteiger partial charge on any atom is -0.353 e. The highest BCUT2D eigenvalue weighted by atomic mass is 19.2. The number of nitrogens with zero attached hydrogens (tertiary/aromatic N) is 3. The number of pyridine rings is 1. The molecule has 0 aliphatic carbocycles. The Balaban J connectivity index is 1.45. The molecule has 1 saturated heterocycles. The monoisotopic (exact) mass is 444 g/mol. The molecular formula is C24H30F2N4O2. The normalized spacial score (nSPS) is 14.0. The molecule has 32 heavy (non-hydrogen) atoms. The van der Waals surface area contributed by atoms with Gasteiger partial charge in [-0.05, 0) is 48.6 Å². The van der Waals surface area contributed by atoms with Gasteiger partial charge in [0.05, 0.1) is 5.56 Å². The highest BCUT2D eigenvalue weighted by Gasteiger charge is 2.22. The lowest BCUT2D eigenvalue weighted by Gasteiger charge is -2.35. The molecule has 0 radical (unpaired) electrons. The number of carbonyl (C=O) groups excluding carboxylic acids is 2. The molecule has 1 aliphatic rings. The number of hydrogen-bond donors (Lipinski definition) is 1. The van der Waals surface area contributed by atoms with Crippen LogP contribution in [-0.2, 0) is 11.2 Å². The van der Waals surface area contributed by atoms with Gasteiger partial charge in [0, 0.05) is 45.3 Å². The van der Waals surface area contributed by atoms with E-state index in [-0.39, 0.29) is 18.2 Å². The maximum Gasteiger partial charge on any atom is 0.252 e. The van der Waals surface area contributed by atoms with Crippen LogP contribution in [0.4, 0.5) is 14.6 Å². The molecule has 2 amide bonds. The lowest BCUT2D eigenvalue weighted by atomic mass is 10.1. The van der Waals surface area contributed by atoms with Crippen molar-refractivity contribution in [2.45, 2.75) is 33.1 Å². The Kier molecular flexibility index (Phi) is 8.14. The third kappa shape index (κ3) is 6.48. The third-order valence-electron chi connectivity index (χ3n) is 5.59. The number of nitrogens with one attached hydrogen (secondary N) is 1. The fourth-order valence-corrected chi connectivity index (χ4v) is 3.57. The Morgan fingerprint density at radius 1 is 1.06 bits per heavy atom. The molecule has 2 aromatic rings. The quantitative estimate of drug-likeness (QED) is 0.678. The number of rotatable bonds is 8. The van der Waals surface area contributed by atoms with Gasteiger partial charge >= 0.3 is 0 Å². The van der Waals surface area contributed by atoms with Crippen LogP contribution in [-0.4, -0.2) is 54.4 Å². The van der Waals surface area contributed by atoms with Crippen LogP contribution in [0.3, 0.4) is 0 Å². The van der Waals surface area contributed by atoms with Crippen molar-refractivity contribution < 1.29 is 18.4 Å². The number of hydrogen-bond acceptors (Lipinski definition) is 4. The van der Waals surface area contributed by atoms with Crippen molar-refractivity contribution in [1.82, 2.24) is 15.2 Å². The molecule has 0 saturated carbocycles. The summed E-state index contributed by atoms with van der Waals surface area (Å²) in [6.45, 7) is 7.29. The summed E-state index contributed by atoms with van der Waals surface area (Å²) < 4.78 is 26.3. The molecule has 0 spiro atoms. The zero-order valence-electron chi connectivity index (χ0n) is 18.6. The van der Waals surface area contributed by atoms with E-state index >= 15 is 0 Å². The first-order valence-corrected chi connectivity index (χ1v) is 11.0. The molecule has 3 rings (SSSR count). The maximum absolute atomic E-state index is 13.3. The van der Waals surface area contributed by atoms with Gasteiger partial charge in [0.2, 0.25) is 5.91 Å². The van der Waals surface area contributed by atoms with E-state index in [1.807, 2.05) is 6.07 Å². The lowest BCUT2D eigenvalue weighted by molar-refractivity contribution is -0.131. The van der Waals surface area contributed by atoms with Crippen molar-refractivity contribution in [2.75, 3.05) is 37.6 Å². The van der Waals surface area contributed by atoms with Crippen LogP contribution in [0.1, 0.15) is 42.6 Å². The summed E-state index contributed by atoms with van der Waals surface area (Å²) in [5, 5.41) is 2.90. The van der Waals surface area contributed by atoms with E-state index in [1.54, 1.807) is 17.2 Å². The van der Waals surface area contributed by atoms with Crippen molar-refractivity contribution in [1.29, 1.82) is 0 Å². The number of carbonyl (C=O) groups is 2. The predicted octanol–water partition coefficient (Wildman–Crippen LogP) is 3.42. The highest BCUT2D eigenvalue weighted by molar-refractivity contribution is 5.94. The van der Waals surface area contributed by atoms with Gasteiger partial charge in [-0.2, -0.15) is 0 Å². The van der Waals surface area contributed by atoms with Crippen molar-refractivity contribution in [2.24, 2.45) is 5.92 Å². The second kappa shape index (κ2) is 11.0. The largest absolute Gasteiger partial charge is 0.353 e. The molecule has 2 heterocycles. The minimum absolute atomic E-state index is 0.00393.